The molecule has 0 aromatic carbocycles. The Morgan fingerprint density at radius 2 is 2.37 bits per heavy atom. The molecule has 5 nitrogen and oxygen atoms in total. The van der Waals surface area contributed by atoms with E-state index in [0.29, 0.717) is 11.7 Å². The molecule has 0 radical (unpaired) electrons. The molecule has 106 valence electrons. The molecule has 1 aliphatic heterocycles. The largest absolute Gasteiger partial charge is 0.316 e. The smallest absolute Gasteiger partial charge is 0.233 e. The van der Waals surface area contributed by atoms with Crippen LogP contribution in [0.2, 0.25) is 0 Å². The number of amides is 1. The summed E-state index contributed by atoms with van der Waals surface area (Å²) in [6, 6.07) is 1.92. The number of nitrogens with zero attached hydrogens (tertiary/aromatic N) is 1. The molecule has 1 aliphatic rings. The highest BCUT2D eigenvalue weighted by atomic mass is 16.2. The van der Waals surface area contributed by atoms with Crippen molar-refractivity contribution in [1.29, 1.82) is 0 Å². The molecular formula is C14H24N4O. The Bertz CT molecular complexity index is 432. The van der Waals surface area contributed by atoms with Gasteiger partial charge in [-0.3, -0.25) is 9.89 Å². The first-order chi connectivity index (χ1) is 9.07. The number of aromatic nitrogens is 2. The number of carbonyl (C=O) groups excluding carboxylic acids is 1. The second-order valence-corrected chi connectivity index (χ2v) is 5.73. The van der Waals surface area contributed by atoms with Crippen molar-refractivity contribution in [1.82, 2.24) is 15.5 Å². The number of nitrogens with one attached hydrogen (secondary N) is 3. The van der Waals surface area contributed by atoms with E-state index in [-0.39, 0.29) is 11.3 Å². The van der Waals surface area contributed by atoms with Gasteiger partial charge in [-0.2, -0.15) is 5.10 Å². The maximum Gasteiger partial charge on any atom is 0.233 e. The molecule has 0 bridgehead atoms. The Hall–Kier alpha value is -1.36. The fourth-order valence-electron chi connectivity index (χ4n) is 2.57. The van der Waals surface area contributed by atoms with E-state index in [1.807, 2.05) is 6.07 Å². The number of H-pyrrole nitrogens is 1. The Balaban J connectivity index is 2.06. The zero-order valence-corrected chi connectivity index (χ0v) is 12.0. The van der Waals surface area contributed by atoms with Gasteiger partial charge in [-0.15, -0.1) is 0 Å². The normalized spacial score (nSPS) is 23.6. The van der Waals surface area contributed by atoms with Crippen LogP contribution in [0.3, 0.4) is 0 Å². The Morgan fingerprint density at radius 3 is 2.89 bits per heavy atom. The van der Waals surface area contributed by atoms with Crippen LogP contribution in [-0.2, 0) is 4.79 Å². The third-order valence-electron chi connectivity index (χ3n) is 4.09. The van der Waals surface area contributed by atoms with Crippen molar-refractivity contribution in [3.05, 3.63) is 11.8 Å². The molecule has 0 aliphatic carbocycles. The number of aromatic amines is 1. The molecule has 5 heteroatoms. The molecule has 2 heterocycles. The van der Waals surface area contributed by atoms with E-state index in [1.165, 1.54) is 0 Å². The second kappa shape index (κ2) is 5.74. The van der Waals surface area contributed by atoms with Gasteiger partial charge in [-0.25, -0.2) is 0 Å². The van der Waals surface area contributed by atoms with E-state index >= 15 is 0 Å². The topological polar surface area (TPSA) is 69.8 Å². The van der Waals surface area contributed by atoms with Gasteiger partial charge in [-0.1, -0.05) is 20.8 Å². The quantitative estimate of drug-likeness (QED) is 0.781. The van der Waals surface area contributed by atoms with E-state index in [1.54, 1.807) is 0 Å². The number of hydrogen-bond donors (Lipinski definition) is 3. The second-order valence-electron chi connectivity index (χ2n) is 5.73. The van der Waals surface area contributed by atoms with E-state index in [2.05, 4.69) is 41.6 Å². The highest BCUT2D eigenvalue weighted by molar-refractivity contribution is 5.94. The molecule has 1 amide bonds. The molecule has 1 saturated heterocycles. The minimum Gasteiger partial charge on any atom is -0.316 e. The van der Waals surface area contributed by atoms with Gasteiger partial charge >= 0.3 is 0 Å². The number of piperidine rings is 1. The molecule has 3 N–H and O–H groups in total. The molecule has 1 unspecified atom stereocenters. The minimum absolute atomic E-state index is 0.0870. The van der Waals surface area contributed by atoms with E-state index in [9.17, 15) is 4.79 Å². The first-order valence-electron chi connectivity index (χ1n) is 7.15. The summed E-state index contributed by atoms with van der Waals surface area (Å²) >= 11 is 0. The van der Waals surface area contributed by atoms with Gasteiger partial charge in [-0.05, 0) is 31.7 Å². The molecular weight excluding hydrogens is 240 g/mol. The van der Waals surface area contributed by atoms with Gasteiger partial charge in [0, 0.05) is 18.3 Å². The summed E-state index contributed by atoms with van der Waals surface area (Å²) in [4.78, 5) is 12.5. The van der Waals surface area contributed by atoms with Gasteiger partial charge in [0.25, 0.3) is 0 Å². The van der Waals surface area contributed by atoms with Gasteiger partial charge in [0.15, 0.2) is 5.82 Å². The fourth-order valence-corrected chi connectivity index (χ4v) is 2.57. The highest BCUT2D eigenvalue weighted by Crippen LogP contribution is 2.31. The zero-order valence-electron chi connectivity index (χ0n) is 12.0. The van der Waals surface area contributed by atoms with Crippen molar-refractivity contribution >= 4 is 11.7 Å². The van der Waals surface area contributed by atoms with E-state index < -0.39 is 0 Å². The van der Waals surface area contributed by atoms with Gasteiger partial charge in [0.1, 0.15) is 0 Å². The summed E-state index contributed by atoms with van der Waals surface area (Å²) in [6.45, 7) is 8.04. The summed E-state index contributed by atoms with van der Waals surface area (Å²) in [5.74, 6) is 1.10. The number of anilines is 1. The number of carbonyl (C=O) groups is 1. The monoisotopic (exact) mass is 264 g/mol. The first-order valence-corrected chi connectivity index (χ1v) is 7.15. The fraction of sp³-hybridized carbons (Fsp3) is 0.714. The molecule has 0 saturated carbocycles. The molecule has 0 spiro atoms. The van der Waals surface area contributed by atoms with E-state index in [4.69, 9.17) is 0 Å². The first kappa shape index (κ1) is 14.1. The van der Waals surface area contributed by atoms with Crippen molar-refractivity contribution in [2.45, 2.75) is 46.0 Å². The van der Waals surface area contributed by atoms with Gasteiger partial charge < -0.3 is 10.6 Å². The van der Waals surface area contributed by atoms with Gasteiger partial charge in [0.2, 0.25) is 5.91 Å². The lowest BCUT2D eigenvalue weighted by molar-refractivity contribution is -0.126. The molecule has 19 heavy (non-hydrogen) atoms. The Labute approximate surface area is 114 Å². The SMILES string of the molecule is CCC1(C(=O)Nc2cc(C(C)C)[nH]n2)CCCNC1. The third-order valence-corrected chi connectivity index (χ3v) is 4.09. The third kappa shape index (κ3) is 2.97. The van der Waals surface area contributed by atoms with Crippen molar-refractivity contribution < 1.29 is 4.79 Å². The summed E-state index contributed by atoms with van der Waals surface area (Å²) in [7, 11) is 0. The lowest BCUT2D eigenvalue weighted by atomic mass is 9.77. The summed E-state index contributed by atoms with van der Waals surface area (Å²) < 4.78 is 0. The van der Waals surface area contributed by atoms with Crippen molar-refractivity contribution in [2.75, 3.05) is 18.4 Å². The number of hydrogen-bond acceptors (Lipinski definition) is 3. The van der Waals surface area contributed by atoms with Crippen LogP contribution >= 0.6 is 0 Å². The van der Waals surface area contributed by atoms with Crippen LogP contribution in [0, 0.1) is 5.41 Å². The lowest BCUT2D eigenvalue weighted by Gasteiger charge is -2.35. The van der Waals surface area contributed by atoms with Crippen molar-refractivity contribution in [3.8, 4) is 0 Å². The van der Waals surface area contributed by atoms with Crippen LogP contribution < -0.4 is 10.6 Å². The van der Waals surface area contributed by atoms with Crippen LogP contribution in [-0.4, -0.2) is 29.2 Å². The minimum atomic E-state index is -0.283. The predicted octanol–water partition coefficient (Wildman–Crippen LogP) is 2.25. The standard InChI is InChI=1S/C14H24N4O/c1-4-14(6-5-7-15-9-14)13(19)16-12-8-11(10(2)3)17-18-12/h8,10,15H,4-7,9H2,1-3H3,(H2,16,17,18,19). The van der Waals surface area contributed by atoms with Crippen LogP contribution in [0.4, 0.5) is 5.82 Å². The van der Waals surface area contributed by atoms with Crippen LogP contribution in [0.1, 0.15) is 51.6 Å². The van der Waals surface area contributed by atoms with Crippen LogP contribution in [0.5, 0.6) is 0 Å². The molecule has 1 fully saturated rings. The molecule has 1 atom stereocenters. The Morgan fingerprint density at radius 1 is 1.58 bits per heavy atom. The average molecular weight is 264 g/mol. The average Bonchev–Trinajstić information content (AvgIpc) is 2.88. The molecule has 1 aromatic rings. The van der Waals surface area contributed by atoms with Crippen LogP contribution in [0.25, 0.3) is 0 Å². The summed E-state index contributed by atoms with van der Waals surface area (Å²) in [5.41, 5.74) is 0.762. The van der Waals surface area contributed by atoms with E-state index in [0.717, 1.165) is 38.0 Å². The maximum atomic E-state index is 12.5. The predicted molar refractivity (Wildman–Crippen MR) is 76.1 cm³/mol. The summed E-state index contributed by atoms with van der Waals surface area (Å²) in [6.07, 6.45) is 2.86. The molecule has 1 aromatic heterocycles. The van der Waals surface area contributed by atoms with Crippen LogP contribution in [0.15, 0.2) is 6.07 Å². The Kier molecular flexibility index (Phi) is 4.24. The lowest BCUT2D eigenvalue weighted by Crippen LogP contribution is -2.47. The zero-order chi connectivity index (χ0) is 13.9. The molecule has 2 rings (SSSR count). The van der Waals surface area contributed by atoms with Crippen molar-refractivity contribution in [3.63, 3.8) is 0 Å². The van der Waals surface area contributed by atoms with Crippen molar-refractivity contribution in [2.24, 2.45) is 5.41 Å². The highest BCUT2D eigenvalue weighted by Gasteiger charge is 2.38. The maximum absolute atomic E-state index is 12.5. The van der Waals surface area contributed by atoms with Gasteiger partial charge in [0.05, 0.1) is 5.41 Å². The summed E-state index contributed by atoms with van der Waals surface area (Å²) in [5, 5.41) is 13.4. The number of rotatable bonds is 4.